The molecule has 1 aromatic rings. The van der Waals surface area contributed by atoms with Crippen LogP contribution in [-0.2, 0) is 16.1 Å². The van der Waals surface area contributed by atoms with E-state index in [0.29, 0.717) is 12.8 Å². The first-order chi connectivity index (χ1) is 10.6. The number of fused-ring (bicyclic) bond motifs is 1. The maximum atomic E-state index is 12.6. The van der Waals surface area contributed by atoms with Crippen LogP contribution in [-0.4, -0.2) is 57.1 Å². The molecule has 2 aliphatic rings. The SMILES string of the molecule is CO[C@]12CC[C@@H](O)C[C@H]1N(C(=O)CCCn1cccn1)CC2. The molecular weight excluding hydrogens is 282 g/mol. The lowest BCUT2D eigenvalue weighted by Gasteiger charge is -2.42. The highest BCUT2D eigenvalue weighted by Gasteiger charge is 2.52. The molecule has 0 bridgehead atoms. The Morgan fingerprint density at radius 1 is 1.50 bits per heavy atom. The molecule has 3 rings (SSSR count). The molecule has 0 radical (unpaired) electrons. The number of likely N-dealkylation sites (tertiary alicyclic amines) is 1. The van der Waals surface area contributed by atoms with Crippen LogP contribution in [0.1, 0.15) is 38.5 Å². The van der Waals surface area contributed by atoms with Gasteiger partial charge in [0.05, 0.1) is 17.7 Å². The first-order valence-electron chi connectivity index (χ1n) is 8.15. The van der Waals surface area contributed by atoms with Gasteiger partial charge in [0.2, 0.25) is 5.91 Å². The number of ether oxygens (including phenoxy) is 1. The second-order valence-corrected chi connectivity index (χ2v) is 6.42. The number of rotatable bonds is 5. The molecule has 0 spiro atoms. The Morgan fingerprint density at radius 3 is 3.09 bits per heavy atom. The average Bonchev–Trinajstić information content (AvgIpc) is 3.15. The number of nitrogens with zero attached hydrogens (tertiary/aromatic N) is 3. The molecule has 1 saturated heterocycles. The molecule has 3 atom stereocenters. The van der Waals surface area contributed by atoms with Gasteiger partial charge in [-0.1, -0.05) is 0 Å². The summed E-state index contributed by atoms with van der Waals surface area (Å²) in [6, 6.07) is 1.91. The van der Waals surface area contributed by atoms with Gasteiger partial charge < -0.3 is 14.7 Å². The fourth-order valence-electron chi connectivity index (χ4n) is 3.94. The van der Waals surface area contributed by atoms with Crippen molar-refractivity contribution >= 4 is 5.91 Å². The monoisotopic (exact) mass is 307 g/mol. The van der Waals surface area contributed by atoms with Crippen LogP contribution in [0, 0.1) is 0 Å². The standard InChI is InChI=1S/C16H25N3O3/c1-22-16-6-5-13(20)12-14(16)19(11-7-16)15(21)4-2-9-18-10-3-8-17-18/h3,8,10,13-14,20H,2,4-7,9,11-12H2,1H3/t13-,14-,16+/m1/s1. The topological polar surface area (TPSA) is 67.6 Å². The van der Waals surface area contributed by atoms with E-state index in [0.717, 1.165) is 38.8 Å². The van der Waals surface area contributed by atoms with Crippen molar-refractivity contribution in [2.75, 3.05) is 13.7 Å². The summed E-state index contributed by atoms with van der Waals surface area (Å²) < 4.78 is 7.62. The largest absolute Gasteiger partial charge is 0.393 e. The number of hydrogen-bond acceptors (Lipinski definition) is 4. The van der Waals surface area contributed by atoms with E-state index in [1.165, 1.54) is 0 Å². The van der Waals surface area contributed by atoms with Gasteiger partial charge in [-0.25, -0.2) is 0 Å². The smallest absolute Gasteiger partial charge is 0.222 e. The highest BCUT2D eigenvalue weighted by atomic mass is 16.5. The zero-order chi connectivity index (χ0) is 15.6. The van der Waals surface area contributed by atoms with Gasteiger partial charge in [0, 0.05) is 39.0 Å². The molecule has 22 heavy (non-hydrogen) atoms. The number of amides is 1. The van der Waals surface area contributed by atoms with Gasteiger partial charge in [-0.05, 0) is 38.2 Å². The quantitative estimate of drug-likeness (QED) is 0.887. The van der Waals surface area contributed by atoms with Gasteiger partial charge in [-0.3, -0.25) is 9.48 Å². The van der Waals surface area contributed by atoms with E-state index in [1.54, 1.807) is 13.3 Å². The van der Waals surface area contributed by atoms with Gasteiger partial charge in [-0.2, -0.15) is 5.10 Å². The number of aliphatic hydroxyl groups is 1. The summed E-state index contributed by atoms with van der Waals surface area (Å²) >= 11 is 0. The van der Waals surface area contributed by atoms with Crippen LogP contribution >= 0.6 is 0 Å². The van der Waals surface area contributed by atoms with E-state index in [1.807, 2.05) is 21.8 Å². The summed E-state index contributed by atoms with van der Waals surface area (Å²) in [5, 5.41) is 14.1. The summed E-state index contributed by atoms with van der Waals surface area (Å²) in [6.07, 6.45) is 7.78. The number of hydrogen-bond donors (Lipinski definition) is 1. The number of carbonyl (C=O) groups excluding carboxylic acids is 1. The zero-order valence-corrected chi connectivity index (χ0v) is 13.1. The summed E-state index contributed by atoms with van der Waals surface area (Å²) in [5.74, 6) is 0.171. The normalized spacial score (nSPS) is 31.3. The molecule has 0 unspecified atom stereocenters. The highest BCUT2D eigenvalue weighted by Crippen LogP contribution is 2.42. The van der Waals surface area contributed by atoms with Crippen LogP contribution in [0.25, 0.3) is 0 Å². The van der Waals surface area contributed by atoms with E-state index in [-0.39, 0.29) is 23.7 Å². The summed E-state index contributed by atoms with van der Waals surface area (Å²) in [5.41, 5.74) is -0.239. The van der Waals surface area contributed by atoms with Gasteiger partial charge in [0.1, 0.15) is 0 Å². The van der Waals surface area contributed by atoms with Crippen LogP contribution in [0.2, 0.25) is 0 Å². The molecular formula is C16H25N3O3. The van der Waals surface area contributed by atoms with Crippen molar-refractivity contribution in [1.82, 2.24) is 14.7 Å². The molecule has 1 amide bonds. The molecule has 6 nitrogen and oxygen atoms in total. The van der Waals surface area contributed by atoms with E-state index in [2.05, 4.69) is 5.10 Å². The number of aryl methyl sites for hydroxylation is 1. The number of methoxy groups -OCH3 is 1. The number of aromatic nitrogens is 2. The van der Waals surface area contributed by atoms with Crippen molar-refractivity contribution in [1.29, 1.82) is 0 Å². The molecule has 1 aliphatic carbocycles. The van der Waals surface area contributed by atoms with Crippen molar-refractivity contribution in [2.45, 2.75) is 62.8 Å². The lowest BCUT2D eigenvalue weighted by Crippen LogP contribution is -2.52. The molecule has 122 valence electrons. The summed E-state index contributed by atoms with van der Waals surface area (Å²) in [7, 11) is 1.73. The van der Waals surface area contributed by atoms with E-state index >= 15 is 0 Å². The lowest BCUT2D eigenvalue weighted by molar-refractivity contribution is -0.140. The molecule has 1 aromatic heterocycles. The van der Waals surface area contributed by atoms with Crippen molar-refractivity contribution in [2.24, 2.45) is 0 Å². The Bertz CT molecular complexity index is 505. The zero-order valence-electron chi connectivity index (χ0n) is 13.1. The van der Waals surface area contributed by atoms with Crippen molar-refractivity contribution in [3.8, 4) is 0 Å². The molecule has 6 heteroatoms. The second kappa shape index (κ2) is 6.38. The Labute approximate surface area is 131 Å². The first-order valence-corrected chi connectivity index (χ1v) is 8.15. The minimum atomic E-state index is -0.314. The van der Waals surface area contributed by atoms with Crippen molar-refractivity contribution in [3.05, 3.63) is 18.5 Å². The third-order valence-electron chi connectivity index (χ3n) is 5.22. The Hall–Kier alpha value is -1.40. The lowest BCUT2D eigenvalue weighted by atomic mass is 9.79. The fourth-order valence-corrected chi connectivity index (χ4v) is 3.94. The maximum Gasteiger partial charge on any atom is 0.222 e. The van der Waals surface area contributed by atoms with E-state index in [9.17, 15) is 9.90 Å². The second-order valence-electron chi connectivity index (χ2n) is 6.42. The molecule has 2 heterocycles. The van der Waals surface area contributed by atoms with Crippen LogP contribution in [0.4, 0.5) is 0 Å². The minimum absolute atomic E-state index is 0.0263. The fraction of sp³-hybridized carbons (Fsp3) is 0.750. The van der Waals surface area contributed by atoms with Gasteiger partial charge >= 0.3 is 0 Å². The molecule has 1 N–H and O–H groups in total. The molecule has 1 saturated carbocycles. The van der Waals surface area contributed by atoms with Gasteiger partial charge in [-0.15, -0.1) is 0 Å². The number of aliphatic hydroxyl groups excluding tert-OH is 1. The summed E-state index contributed by atoms with van der Waals surface area (Å²) in [4.78, 5) is 14.5. The first kappa shape index (κ1) is 15.5. The van der Waals surface area contributed by atoms with E-state index < -0.39 is 0 Å². The number of carbonyl (C=O) groups is 1. The van der Waals surface area contributed by atoms with E-state index in [4.69, 9.17) is 4.74 Å². The minimum Gasteiger partial charge on any atom is -0.393 e. The van der Waals surface area contributed by atoms with Crippen LogP contribution in [0.3, 0.4) is 0 Å². The van der Waals surface area contributed by atoms with Crippen molar-refractivity contribution < 1.29 is 14.6 Å². The maximum absolute atomic E-state index is 12.6. The third-order valence-corrected chi connectivity index (χ3v) is 5.22. The third kappa shape index (κ3) is 2.90. The predicted molar refractivity (Wildman–Crippen MR) is 81.2 cm³/mol. The molecule has 0 aromatic carbocycles. The highest BCUT2D eigenvalue weighted by molar-refractivity contribution is 5.77. The molecule has 1 aliphatic heterocycles. The predicted octanol–water partition coefficient (Wildman–Crippen LogP) is 1.19. The Kier molecular flexibility index (Phi) is 4.49. The van der Waals surface area contributed by atoms with Crippen LogP contribution in [0.15, 0.2) is 18.5 Å². The van der Waals surface area contributed by atoms with Gasteiger partial charge in [0.15, 0.2) is 0 Å². The van der Waals surface area contributed by atoms with Crippen LogP contribution in [0.5, 0.6) is 0 Å². The van der Waals surface area contributed by atoms with Crippen molar-refractivity contribution in [3.63, 3.8) is 0 Å². The van der Waals surface area contributed by atoms with Crippen LogP contribution < -0.4 is 0 Å². The average molecular weight is 307 g/mol. The summed E-state index contributed by atoms with van der Waals surface area (Å²) in [6.45, 7) is 1.50. The Morgan fingerprint density at radius 2 is 2.36 bits per heavy atom. The van der Waals surface area contributed by atoms with Gasteiger partial charge in [0.25, 0.3) is 0 Å². The molecule has 2 fully saturated rings. The Balaban J connectivity index is 1.58.